The first-order valence-electron chi connectivity index (χ1n) is 7.66. The Labute approximate surface area is 134 Å². The number of rotatable bonds is 3. The van der Waals surface area contributed by atoms with Crippen molar-refractivity contribution in [1.29, 1.82) is 0 Å². The van der Waals surface area contributed by atoms with Gasteiger partial charge in [-0.15, -0.1) is 0 Å². The van der Waals surface area contributed by atoms with Crippen LogP contribution in [-0.4, -0.2) is 6.54 Å². The van der Waals surface area contributed by atoms with Crippen LogP contribution in [0, 0.1) is 28.9 Å². The van der Waals surface area contributed by atoms with Crippen LogP contribution >= 0.6 is 15.9 Å². The molecule has 1 N–H and O–H groups in total. The van der Waals surface area contributed by atoms with Crippen molar-refractivity contribution < 1.29 is 8.78 Å². The second-order valence-corrected chi connectivity index (χ2v) is 8.12. The Morgan fingerprint density at radius 1 is 1.10 bits per heavy atom. The van der Waals surface area contributed by atoms with Gasteiger partial charge in [-0.25, -0.2) is 8.78 Å². The fourth-order valence-electron chi connectivity index (χ4n) is 3.19. The second kappa shape index (κ2) is 6.64. The van der Waals surface area contributed by atoms with Crippen molar-refractivity contribution in [3.05, 3.63) is 28.2 Å². The molecule has 2 rings (SSSR count). The Morgan fingerprint density at radius 3 is 2.10 bits per heavy atom. The third-order valence-corrected chi connectivity index (χ3v) is 5.10. The minimum atomic E-state index is -0.537. The molecular weight excluding hydrogens is 336 g/mol. The summed E-state index contributed by atoms with van der Waals surface area (Å²) in [6.07, 6.45) is 4.69. The molecule has 1 aliphatic carbocycles. The van der Waals surface area contributed by atoms with Gasteiger partial charge in [0.2, 0.25) is 0 Å². The predicted molar refractivity (Wildman–Crippen MR) is 87.5 cm³/mol. The van der Waals surface area contributed by atoms with E-state index in [9.17, 15) is 8.78 Å². The van der Waals surface area contributed by atoms with Gasteiger partial charge in [0, 0.05) is 11.0 Å². The largest absolute Gasteiger partial charge is 0.380 e. The maximum absolute atomic E-state index is 13.8. The van der Waals surface area contributed by atoms with Crippen LogP contribution < -0.4 is 5.32 Å². The van der Waals surface area contributed by atoms with Crippen molar-refractivity contribution in [2.75, 3.05) is 11.9 Å². The molecule has 4 heteroatoms. The summed E-state index contributed by atoms with van der Waals surface area (Å²) >= 11 is 3.09. The number of nitrogens with one attached hydrogen (secondary N) is 1. The van der Waals surface area contributed by atoms with E-state index in [1.165, 1.54) is 25.0 Å². The van der Waals surface area contributed by atoms with Gasteiger partial charge in [0.25, 0.3) is 0 Å². The van der Waals surface area contributed by atoms with E-state index in [0.717, 1.165) is 18.8 Å². The molecule has 0 unspecified atom stereocenters. The van der Waals surface area contributed by atoms with Crippen molar-refractivity contribution in [2.24, 2.45) is 17.3 Å². The molecule has 1 saturated carbocycles. The summed E-state index contributed by atoms with van der Waals surface area (Å²) < 4.78 is 27.9. The number of hydrogen-bond donors (Lipinski definition) is 1. The van der Waals surface area contributed by atoms with Crippen LogP contribution in [0.25, 0.3) is 0 Å². The second-order valence-electron chi connectivity index (χ2n) is 7.21. The SMILES string of the molecule is CC(C)(C)C1CCC(CNc2c(F)cc(Br)cc2F)CC1. The lowest BCUT2D eigenvalue weighted by Crippen LogP contribution is -2.28. The normalized spacial score (nSPS) is 23.1. The number of hydrogen-bond acceptors (Lipinski definition) is 1. The van der Waals surface area contributed by atoms with E-state index in [-0.39, 0.29) is 5.69 Å². The van der Waals surface area contributed by atoms with Crippen LogP contribution in [0.15, 0.2) is 16.6 Å². The molecule has 1 fully saturated rings. The molecule has 0 saturated heterocycles. The number of halogens is 3. The molecule has 0 amide bonds. The van der Waals surface area contributed by atoms with Crippen LogP contribution in [0.1, 0.15) is 46.5 Å². The zero-order valence-corrected chi connectivity index (χ0v) is 14.6. The van der Waals surface area contributed by atoms with Gasteiger partial charge in [-0.1, -0.05) is 36.7 Å². The Kier molecular flexibility index (Phi) is 5.29. The van der Waals surface area contributed by atoms with Crippen molar-refractivity contribution in [3.63, 3.8) is 0 Å². The average Bonchev–Trinajstić information content (AvgIpc) is 2.37. The maximum Gasteiger partial charge on any atom is 0.150 e. The van der Waals surface area contributed by atoms with E-state index in [4.69, 9.17) is 0 Å². The summed E-state index contributed by atoms with van der Waals surface area (Å²) in [5.41, 5.74) is 0.360. The molecule has 0 radical (unpaired) electrons. The standard InChI is InChI=1S/C17H24BrF2N/c1-17(2,3)12-6-4-11(5-7-12)10-21-16-14(19)8-13(18)9-15(16)20/h8-9,11-12,21H,4-7,10H2,1-3H3. The van der Waals surface area contributed by atoms with E-state index in [2.05, 4.69) is 42.0 Å². The van der Waals surface area contributed by atoms with Crippen LogP contribution in [0.4, 0.5) is 14.5 Å². The summed E-state index contributed by atoms with van der Waals surface area (Å²) in [5.74, 6) is 0.191. The molecule has 1 aromatic rings. The van der Waals surface area contributed by atoms with E-state index in [1.807, 2.05) is 0 Å². The quantitative estimate of drug-likeness (QED) is 0.698. The first-order valence-corrected chi connectivity index (χ1v) is 8.45. The smallest absolute Gasteiger partial charge is 0.150 e. The predicted octanol–water partition coefficient (Wildman–Crippen LogP) is 5.99. The van der Waals surface area contributed by atoms with Crippen molar-refractivity contribution in [3.8, 4) is 0 Å². The molecule has 1 aromatic carbocycles. The highest BCUT2D eigenvalue weighted by Gasteiger charge is 2.29. The zero-order valence-electron chi connectivity index (χ0n) is 13.0. The van der Waals surface area contributed by atoms with Gasteiger partial charge in [0.1, 0.15) is 17.3 Å². The topological polar surface area (TPSA) is 12.0 Å². The molecule has 118 valence electrons. The average molecular weight is 360 g/mol. The van der Waals surface area contributed by atoms with Crippen molar-refractivity contribution >= 4 is 21.6 Å². The van der Waals surface area contributed by atoms with Crippen LogP contribution in [-0.2, 0) is 0 Å². The van der Waals surface area contributed by atoms with Crippen molar-refractivity contribution in [1.82, 2.24) is 0 Å². The summed E-state index contributed by atoms with van der Waals surface area (Å²) in [7, 11) is 0. The first-order chi connectivity index (χ1) is 9.77. The van der Waals surface area contributed by atoms with Gasteiger partial charge >= 0.3 is 0 Å². The van der Waals surface area contributed by atoms with E-state index >= 15 is 0 Å². The molecule has 1 aliphatic rings. The fourth-order valence-corrected chi connectivity index (χ4v) is 3.59. The summed E-state index contributed by atoms with van der Waals surface area (Å²) in [6, 6.07) is 2.59. The highest BCUT2D eigenvalue weighted by molar-refractivity contribution is 9.10. The molecule has 0 bridgehead atoms. The van der Waals surface area contributed by atoms with Gasteiger partial charge in [-0.3, -0.25) is 0 Å². The fraction of sp³-hybridized carbons (Fsp3) is 0.647. The van der Waals surface area contributed by atoms with Crippen LogP contribution in [0.5, 0.6) is 0 Å². The lowest BCUT2D eigenvalue weighted by molar-refractivity contribution is 0.153. The molecule has 1 nitrogen and oxygen atoms in total. The number of anilines is 1. The Morgan fingerprint density at radius 2 is 1.62 bits per heavy atom. The summed E-state index contributed by atoms with van der Waals surface area (Å²) in [4.78, 5) is 0. The highest BCUT2D eigenvalue weighted by Crippen LogP contribution is 2.39. The third kappa shape index (κ3) is 4.41. The molecular formula is C17H24BrF2N. The van der Waals surface area contributed by atoms with Crippen LogP contribution in [0.3, 0.4) is 0 Å². The summed E-state index contributed by atoms with van der Waals surface area (Å²) in [6.45, 7) is 7.53. The van der Waals surface area contributed by atoms with Crippen LogP contribution in [0.2, 0.25) is 0 Å². The van der Waals surface area contributed by atoms with E-state index < -0.39 is 11.6 Å². The lowest BCUT2D eigenvalue weighted by Gasteiger charge is -2.37. The van der Waals surface area contributed by atoms with E-state index in [0.29, 0.717) is 22.4 Å². The highest BCUT2D eigenvalue weighted by atomic mass is 79.9. The van der Waals surface area contributed by atoms with Gasteiger partial charge in [0.15, 0.2) is 0 Å². The maximum atomic E-state index is 13.8. The summed E-state index contributed by atoms with van der Waals surface area (Å²) in [5, 5.41) is 2.96. The Hall–Kier alpha value is -0.640. The molecule has 0 aromatic heterocycles. The minimum absolute atomic E-state index is 0.00357. The first kappa shape index (κ1) is 16.7. The minimum Gasteiger partial charge on any atom is -0.380 e. The van der Waals surface area contributed by atoms with Gasteiger partial charge in [-0.05, 0) is 55.1 Å². The monoisotopic (exact) mass is 359 g/mol. The molecule has 21 heavy (non-hydrogen) atoms. The number of benzene rings is 1. The zero-order chi connectivity index (χ0) is 15.6. The van der Waals surface area contributed by atoms with Gasteiger partial charge in [0.05, 0.1) is 0 Å². The van der Waals surface area contributed by atoms with Crippen molar-refractivity contribution in [2.45, 2.75) is 46.5 Å². The Balaban J connectivity index is 1.88. The third-order valence-electron chi connectivity index (χ3n) is 4.65. The molecule has 0 heterocycles. The Bertz CT molecular complexity index is 465. The molecule has 0 spiro atoms. The van der Waals surface area contributed by atoms with E-state index in [1.54, 1.807) is 0 Å². The molecule has 0 atom stereocenters. The lowest BCUT2D eigenvalue weighted by atomic mass is 9.70. The molecule has 0 aliphatic heterocycles. The van der Waals surface area contributed by atoms with Gasteiger partial charge in [-0.2, -0.15) is 0 Å². The van der Waals surface area contributed by atoms with Gasteiger partial charge < -0.3 is 5.32 Å².